The lowest BCUT2D eigenvalue weighted by Crippen LogP contribution is -2.14. The van der Waals surface area contributed by atoms with Crippen LogP contribution >= 0.6 is 0 Å². The third-order valence-electron chi connectivity index (χ3n) is 2.58. The number of aromatic nitrogens is 1. The Hall–Kier alpha value is -2.87. The summed E-state index contributed by atoms with van der Waals surface area (Å²) in [4.78, 5) is 15.8. The van der Waals surface area contributed by atoms with Crippen LogP contribution in [0.2, 0.25) is 0 Å². The minimum Gasteiger partial charge on any atom is -0.508 e. The van der Waals surface area contributed by atoms with Gasteiger partial charge in [0.1, 0.15) is 17.5 Å². The summed E-state index contributed by atoms with van der Waals surface area (Å²) in [5.41, 5.74) is 1.99. The van der Waals surface area contributed by atoms with Gasteiger partial charge in [0.05, 0.1) is 5.56 Å². The summed E-state index contributed by atoms with van der Waals surface area (Å²) >= 11 is 0. The highest BCUT2D eigenvalue weighted by molar-refractivity contribution is 6.03. The summed E-state index contributed by atoms with van der Waals surface area (Å²) in [5.74, 6) is -0.217. The van der Waals surface area contributed by atoms with Gasteiger partial charge in [0.15, 0.2) is 0 Å². The fourth-order valence-electron chi connectivity index (χ4n) is 1.57. The van der Waals surface area contributed by atoms with E-state index in [-0.39, 0.29) is 17.4 Å². The molecule has 0 fully saturated rings. The Morgan fingerprint density at radius 1 is 1.37 bits per heavy atom. The second kappa shape index (κ2) is 5.19. The maximum atomic E-state index is 11.9. The van der Waals surface area contributed by atoms with Crippen molar-refractivity contribution in [1.29, 1.82) is 5.26 Å². The lowest BCUT2D eigenvalue weighted by atomic mass is 10.2. The number of carbonyl (C=O) groups excluding carboxylic acids is 1. The van der Waals surface area contributed by atoms with E-state index in [1.807, 2.05) is 6.07 Å². The van der Waals surface area contributed by atoms with Gasteiger partial charge < -0.3 is 10.4 Å². The van der Waals surface area contributed by atoms with E-state index in [0.717, 1.165) is 5.56 Å². The number of hydrogen-bond donors (Lipinski definition) is 2. The zero-order chi connectivity index (χ0) is 13.8. The molecule has 2 N–H and O–H groups in total. The van der Waals surface area contributed by atoms with Crippen molar-refractivity contribution in [2.45, 2.75) is 6.92 Å². The number of amides is 1. The van der Waals surface area contributed by atoms with E-state index < -0.39 is 0 Å². The monoisotopic (exact) mass is 253 g/mol. The highest BCUT2D eigenvalue weighted by atomic mass is 16.3. The molecule has 0 saturated carbocycles. The largest absolute Gasteiger partial charge is 0.508 e. The molecule has 1 aromatic heterocycles. The van der Waals surface area contributed by atoms with Gasteiger partial charge in [-0.1, -0.05) is 0 Å². The molecule has 0 aliphatic heterocycles. The molecule has 0 aliphatic rings. The Morgan fingerprint density at radius 3 is 2.74 bits per heavy atom. The molecule has 2 aromatic rings. The molecular formula is C14H11N3O2. The normalized spacial score (nSPS) is 9.68. The standard InChI is InChI=1S/C14H11N3O2/c1-9-6-11(18)3-5-12(9)17-14(19)13-4-2-10(7-15)8-16-13/h2-6,8,18H,1H3,(H,17,19). The predicted molar refractivity (Wildman–Crippen MR) is 69.7 cm³/mol. The quantitative estimate of drug-likeness (QED) is 0.803. The molecule has 0 bridgehead atoms. The SMILES string of the molecule is Cc1cc(O)ccc1NC(=O)c1ccc(C#N)cn1. The zero-order valence-corrected chi connectivity index (χ0v) is 10.2. The molecule has 0 radical (unpaired) electrons. The van der Waals surface area contributed by atoms with Crippen molar-refractivity contribution < 1.29 is 9.90 Å². The topological polar surface area (TPSA) is 86.0 Å². The molecule has 19 heavy (non-hydrogen) atoms. The molecule has 1 heterocycles. The van der Waals surface area contributed by atoms with Crippen LogP contribution in [-0.4, -0.2) is 16.0 Å². The van der Waals surface area contributed by atoms with E-state index in [9.17, 15) is 9.90 Å². The van der Waals surface area contributed by atoms with Gasteiger partial charge in [-0.3, -0.25) is 4.79 Å². The Bertz CT molecular complexity index is 657. The zero-order valence-electron chi connectivity index (χ0n) is 10.2. The van der Waals surface area contributed by atoms with Crippen molar-refractivity contribution in [3.63, 3.8) is 0 Å². The van der Waals surface area contributed by atoms with E-state index in [4.69, 9.17) is 5.26 Å². The number of carbonyl (C=O) groups is 1. The molecule has 5 heteroatoms. The van der Waals surface area contributed by atoms with Gasteiger partial charge in [0.25, 0.3) is 5.91 Å². The average Bonchev–Trinajstić information content (AvgIpc) is 2.42. The number of nitrogens with zero attached hydrogens (tertiary/aromatic N) is 2. The number of phenols is 1. The number of aromatic hydroxyl groups is 1. The van der Waals surface area contributed by atoms with Crippen LogP contribution in [0.1, 0.15) is 21.6 Å². The van der Waals surface area contributed by atoms with Crippen LogP contribution in [0.25, 0.3) is 0 Å². The molecule has 1 aromatic carbocycles. The fourth-order valence-corrected chi connectivity index (χ4v) is 1.57. The van der Waals surface area contributed by atoms with Gasteiger partial charge in [-0.25, -0.2) is 4.98 Å². The van der Waals surface area contributed by atoms with Crippen molar-refractivity contribution in [2.24, 2.45) is 0 Å². The van der Waals surface area contributed by atoms with Gasteiger partial charge in [-0.2, -0.15) is 5.26 Å². The summed E-state index contributed by atoms with van der Waals surface area (Å²) in [6.07, 6.45) is 1.35. The highest BCUT2D eigenvalue weighted by Crippen LogP contribution is 2.20. The summed E-state index contributed by atoms with van der Waals surface area (Å²) in [6, 6.07) is 9.63. The molecular weight excluding hydrogens is 242 g/mol. The lowest BCUT2D eigenvalue weighted by molar-refractivity contribution is 0.102. The van der Waals surface area contributed by atoms with Gasteiger partial charge >= 0.3 is 0 Å². The van der Waals surface area contributed by atoms with Crippen molar-refractivity contribution in [1.82, 2.24) is 4.98 Å². The number of benzene rings is 1. The first-order valence-electron chi connectivity index (χ1n) is 5.57. The minimum absolute atomic E-state index is 0.145. The lowest BCUT2D eigenvalue weighted by Gasteiger charge is -2.08. The average molecular weight is 253 g/mol. The van der Waals surface area contributed by atoms with E-state index in [0.29, 0.717) is 11.3 Å². The number of nitriles is 1. The third kappa shape index (κ3) is 2.87. The van der Waals surface area contributed by atoms with Crippen LogP contribution in [0.15, 0.2) is 36.5 Å². The minimum atomic E-state index is -0.363. The second-order valence-corrected chi connectivity index (χ2v) is 4.00. The number of nitrogens with one attached hydrogen (secondary N) is 1. The Morgan fingerprint density at radius 2 is 2.16 bits per heavy atom. The van der Waals surface area contributed by atoms with Crippen molar-refractivity contribution in [2.75, 3.05) is 5.32 Å². The maximum absolute atomic E-state index is 11.9. The smallest absolute Gasteiger partial charge is 0.274 e. The molecule has 0 aliphatic carbocycles. The Balaban J connectivity index is 2.18. The van der Waals surface area contributed by atoms with Crippen LogP contribution in [-0.2, 0) is 0 Å². The molecule has 1 amide bonds. The highest BCUT2D eigenvalue weighted by Gasteiger charge is 2.09. The molecule has 2 rings (SSSR count). The van der Waals surface area contributed by atoms with Crippen LogP contribution in [0, 0.1) is 18.3 Å². The first kappa shape index (κ1) is 12.6. The molecule has 0 unspecified atom stereocenters. The molecule has 0 atom stereocenters. The predicted octanol–water partition coefficient (Wildman–Crippen LogP) is 2.22. The van der Waals surface area contributed by atoms with E-state index in [1.54, 1.807) is 19.1 Å². The number of phenolic OH excluding ortho intramolecular Hbond substituents is 1. The summed E-state index contributed by atoms with van der Waals surface area (Å²) in [6.45, 7) is 1.78. The van der Waals surface area contributed by atoms with Gasteiger partial charge in [0, 0.05) is 11.9 Å². The van der Waals surface area contributed by atoms with E-state index in [1.165, 1.54) is 24.4 Å². The first-order valence-corrected chi connectivity index (χ1v) is 5.57. The number of pyridine rings is 1. The second-order valence-electron chi connectivity index (χ2n) is 4.00. The van der Waals surface area contributed by atoms with Gasteiger partial charge in [-0.05, 0) is 42.8 Å². The van der Waals surface area contributed by atoms with Crippen molar-refractivity contribution in [3.05, 3.63) is 53.3 Å². The number of rotatable bonds is 2. The van der Waals surface area contributed by atoms with Gasteiger partial charge in [0.2, 0.25) is 0 Å². The summed E-state index contributed by atoms with van der Waals surface area (Å²) < 4.78 is 0. The molecule has 5 nitrogen and oxygen atoms in total. The fraction of sp³-hybridized carbons (Fsp3) is 0.0714. The third-order valence-corrected chi connectivity index (χ3v) is 2.58. The van der Waals surface area contributed by atoms with Crippen LogP contribution in [0.3, 0.4) is 0 Å². The van der Waals surface area contributed by atoms with Crippen molar-refractivity contribution in [3.8, 4) is 11.8 Å². The molecule has 0 spiro atoms. The Kier molecular flexibility index (Phi) is 3.44. The first-order chi connectivity index (χ1) is 9.10. The van der Waals surface area contributed by atoms with Crippen LogP contribution < -0.4 is 5.32 Å². The number of anilines is 1. The molecule has 0 saturated heterocycles. The summed E-state index contributed by atoms with van der Waals surface area (Å²) in [5, 5.41) is 20.6. The number of hydrogen-bond acceptors (Lipinski definition) is 4. The van der Waals surface area contributed by atoms with Crippen LogP contribution in [0.4, 0.5) is 5.69 Å². The molecule has 94 valence electrons. The van der Waals surface area contributed by atoms with Gasteiger partial charge in [-0.15, -0.1) is 0 Å². The van der Waals surface area contributed by atoms with Crippen molar-refractivity contribution >= 4 is 11.6 Å². The van der Waals surface area contributed by atoms with E-state index >= 15 is 0 Å². The number of aryl methyl sites for hydroxylation is 1. The maximum Gasteiger partial charge on any atom is 0.274 e. The van der Waals surface area contributed by atoms with Crippen LogP contribution in [0.5, 0.6) is 5.75 Å². The summed E-state index contributed by atoms with van der Waals surface area (Å²) in [7, 11) is 0. The van der Waals surface area contributed by atoms with E-state index in [2.05, 4.69) is 10.3 Å². The Labute approximate surface area is 110 Å².